The Bertz CT molecular complexity index is 1100. The molecule has 0 bridgehead atoms. The van der Waals surface area contributed by atoms with Crippen LogP contribution in [0.4, 0.5) is 5.69 Å². The first-order chi connectivity index (χ1) is 16.2. The van der Waals surface area contributed by atoms with Crippen molar-refractivity contribution in [2.24, 2.45) is 0 Å². The highest BCUT2D eigenvalue weighted by Gasteiger charge is 2.27. The van der Waals surface area contributed by atoms with Gasteiger partial charge in [0.15, 0.2) is 11.5 Å². The Morgan fingerprint density at radius 1 is 1.00 bits per heavy atom. The van der Waals surface area contributed by atoms with Gasteiger partial charge in [-0.15, -0.1) is 0 Å². The highest BCUT2D eigenvalue weighted by molar-refractivity contribution is 7.89. The highest BCUT2D eigenvalue weighted by atomic mass is 32.2. The number of ether oxygens (including phenoxy) is 3. The van der Waals surface area contributed by atoms with Gasteiger partial charge in [0.1, 0.15) is 0 Å². The van der Waals surface area contributed by atoms with E-state index in [0.717, 1.165) is 18.4 Å². The summed E-state index contributed by atoms with van der Waals surface area (Å²) in [5.74, 6) is 1.40. The number of rotatable bonds is 10. The zero-order valence-electron chi connectivity index (χ0n) is 20.3. The number of nitrogens with zero attached hydrogens (tertiary/aromatic N) is 2. The molecule has 1 amide bonds. The lowest BCUT2D eigenvalue weighted by Gasteiger charge is -2.25. The predicted octanol–water partition coefficient (Wildman–Crippen LogP) is 2.96. The molecule has 9 nitrogen and oxygen atoms in total. The molecule has 1 heterocycles. The van der Waals surface area contributed by atoms with E-state index in [4.69, 9.17) is 14.2 Å². The number of carbonyl (C=O) groups is 1. The Balaban J connectivity index is 1.66. The van der Waals surface area contributed by atoms with Crippen LogP contribution in [-0.2, 0) is 21.4 Å². The standard InChI is InChI=1S/C24H33N3O6S/c1-17(26(2)16-18-8-13-21(31-3)23(33-5)22(18)32-4)24(28)25-19-9-11-20(12-10-19)34(29,30)27-14-6-7-15-27/h8-13,17H,6-7,14-16H2,1-5H3,(H,25,28)/t17-/m0/s1. The first-order valence-corrected chi connectivity index (χ1v) is 12.6. The summed E-state index contributed by atoms with van der Waals surface area (Å²) >= 11 is 0. The number of amides is 1. The third-order valence-corrected chi connectivity index (χ3v) is 7.98. The van der Waals surface area contributed by atoms with Crippen molar-refractivity contribution < 1.29 is 27.4 Å². The number of anilines is 1. The number of sulfonamides is 1. The summed E-state index contributed by atoms with van der Waals surface area (Å²) in [6.45, 7) is 3.34. The maximum absolute atomic E-state index is 12.9. The summed E-state index contributed by atoms with van der Waals surface area (Å²) in [6, 6.07) is 9.51. The van der Waals surface area contributed by atoms with Gasteiger partial charge in [-0.25, -0.2) is 8.42 Å². The Kier molecular flexibility index (Phi) is 8.40. The smallest absolute Gasteiger partial charge is 0.243 e. The second kappa shape index (κ2) is 11.1. The van der Waals surface area contributed by atoms with Gasteiger partial charge in [0, 0.05) is 30.9 Å². The van der Waals surface area contributed by atoms with Gasteiger partial charge in [0.25, 0.3) is 0 Å². The zero-order valence-corrected chi connectivity index (χ0v) is 21.1. The molecule has 1 N–H and O–H groups in total. The number of likely N-dealkylation sites (N-methyl/N-ethyl adjacent to an activating group) is 1. The molecule has 1 fully saturated rings. The third-order valence-electron chi connectivity index (χ3n) is 6.07. The average molecular weight is 492 g/mol. The van der Waals surface area contributed by atoms with E-state index in [1.54, 1.807) is 46.5 Å². The van der Waals surface area contributed by atoms with Gasteiger partial charge in [-0.1, -0.05) is 6.07 Å². The van der Waals surface area contributed by atoms with E-state index in [-0.39, 0.29) is 10.8 Å². The van der Waals surface area contributed by atoms with E-state index in [9.17, 15) is 13.2 Å². The maximum Gasteiger partial charge on any atom is 0.243 e. The summed E-state index contributed by atoms with van der Waals surface area (Å²) < 4.78 is 43.2. The van der Waals surface area contributed by atoms with E-state index in [2.05, 4.69) is 5.32 Å². The van der Waals surface area contributed by atoms with Gasteiger partial charge < -0.3 is 19.5 Å². The predicted molar refractivity (Wildman–Crippen MR) is 130 cm³/mol. The van der Waals surface area contributed by atoms with Crippen LogP contribution in [0.2, 0.25) is 0 Å². The van der Waals surface area contributed by atoms with Crippen LogP contribution in [0.5, 0.6) is 17.2 Å². The fraction of sp³-hybridized carbons (Fsp3) is 0.458. The molecule has 1 saturated heterocycles. The Morgan fingerprint density at radius 3 is 2.18 bits per heavy atom. The van der Waals surface area contributed by atoms with Crippen molar-refractivity contribution in [3.8, 4) is 17.2 Å². The SMILES string of the molecule is COc1ccc(CN(C)[C@@H](C)C(=O)Nc2ccc(S(=O)(=O)N3CCCC3)cc2)c(OC)c1OC. The minimum atomic E-state index is -3.48. The van der Waals surface area contributed by atoms with Crippen molar-refractivity contribution in [1.82, 2.24) is 9.21 Å². The molecule has 2 aromatic carbocycles. The molecule has 0 radical (unpaired) electrons. The number of nitrogens with one attached hydrogen (secondary N) is 1. The molecule has 186 valence electrons. The number of benzene rings is 2. The monoisotopic (exact) mass is 491 g/mol. The van der Waals surface area contributed by atoms with E-state index in [1.807, 2.05) is 18.0 Å². The van der Waals surface area contributed by atoms with Crippen molar-refractivity contribution in [1.29, 1.82) is 0 Å². The summed E-state index contributed by atoms with van der Waals surface area (Å²) in [4.78, 5) is 15.0. The van der Waals surface area contributed by atoms with Crippen LogP contribution < -0.4 is 19.5 Å². The molecule has 1 aliphatic heterocycles. The summed E-state index contributed by atoms with van der Waals surface area (Å²) in [5.41, 5.74) is 1.38. The largest absolute Gasteiger partial charge is 0.493 e. The number of carbonyl (C=O) groups excluding carboxylic acids is 1. The maximum atomic E-state index is 12.9. The van der Waals surface area contributed by atoms with Gasteiger partial charge in [-0.2, -0.15) is 4.31 Å². The zero-order chi connectivity index (χ0) is 24.9. The highest BCUT2D eigenvalue weighted by Crippen LogP contribution is 2.40. The molecule has 2 aromatic rings. The quantitative estimate of drug-likeness (QED) is 0.546. The Labute approximate surface area is 201 Å². The molecule has 1 atom stereocenters. The lowest BCUT2D eigenvalue weighted by atomic mass is 10.1. The Hall–Kier alpha value is -2.82. The first kappa shape index (κ1) is 25.8. The van der Waals surface area contributed by atoms with E-state index >= 15 is 0 Å². The molecule has 1 aliphatic rings. The summed E-state index contributed by atoms with van der Waals surface area (Å²) in [5, 5.41) is 2.86. The molecule has 34 heavy (non-hydrogen) atoms. The topological polar surface area (TPSA) is 97.4 Å². The van der Waals surface area contributed by atoms with Crippen molar-refractivity contribution in [3.05, 3.63) is 42.0 Å². The molecule has 0 unspecified atom stereocenters. The summed E-state index contributed by atoms with van der Waals surface area (Å²) in [7, 11) is 3.02. The van der Waals surface area contributed by atoms with Crippen LogP contribution in [0.1, 0.15) is 25.3 Å². The van der Waals surface area contributed by atoms with Crippen LogP contribution in [0.25, 0.3) is 0 Å². The lowest BCUT2D eigenvalue weighted by molar-refractivity contribution is -0.120. The molecule has 0 aliphatic carbocycles. The van der Waals surface area contributed by atoms with Gasteiger partial charge in [-0.3, -0.25) is 9.69 Å². The Morgan fingerprint density at radius 2 is 1.62 bits per heavy atom. The molecule has 0 saturated carbocycles. The van der Waals surface area contributed by atoms with Crippen LogP contribution in [0, 0.1) is 0 Å². The third kappa shape index (κ3) is 5.45. The fourth-order valence-corrected chi connectivity index (χ4v) is 5.45. The van der Waals surface area contributed by atoms with Crippen molar-refractivity contribution in [3.63, 3.8) is 0 Å². The molecule has 0 spiro atoms. The second-order valence-corrected chi connectivity index (χ2v) is 10.1. The minimum Gasteiger partial charge on any atom is -0.493 e. The summed E-state index contributed by atoms with van der Waals surface area (Å²) in [6.07, 6.45) is 1.77. The lowest BCUT2D eigenvalue weighted by Crippen LogP contribution is -2.39. The van der Waals surface area contributed by atoms with Crippen LogP contribution in [0.3, 0.4) is 0 Å². The molecule has 0 aromatic heterocycles. The molecule has 10 heteroatoms. The van der Waals surface area contributed by atoms with Gasteiger partial charge in [-0.05, 0) is 57.1 Å². The molecular weight excluding hydrogens is 458 g/mol. The normalized spacial score (nSPS) is 15.2. The minimum absolute atomic E-state index is 0.211. The van der Waals surface area contributed by atoms with Crippen molar-refractivity contribution in [2.45, 2.75) is 37.2 Å². The van der Waals surface area contributed by atoms with Crippen LogP contribution >= 0.6 is 0 Å². The van der Waals surface area contributed by atoms with Crippen LogP contribution in [0.15, 0.2) is 41.3 Å². The van der Waals surface area contributed by atoms with Gasteiger partial charge in [0.2, 0.25) is 21.7 Å². The van der Waals surface area contributed by atoms with Gasteiger partial charge >= 0.3 is 0 Å². The number of methoxy groups -OCH3 is 3. The van der Waals surface area contributed by atoms with Crippen molar-refractivity contribution in [2.75, 3.05) is 46.8 Å². The second-order valence-electron chi connectivity index (χ2n) is 8.21. The number of hydrogen-bond donors (Lipinski definition) is 1. The average Bonchev–Trinajstić information content (AvgIpc) is 3.39. The number of hydrogen-bond acceptors (Lipinski definition) is 7. The molecular formula is C24H33N3O6S. The van der Waals surface area contributed by atoms with E-state index in [0.29, 0.717) is 42.6 Å². The fourth-order valence-electron chi connectivity index (χ4n) is 3.93. The van der Waals surface area contributed by atoms with E-state index in [1.165, 1.54) is 16.4 Å². The molecule has 3 rings (SSSR count). The van der Waals surface area contributed by atoms with Crippen molar-refractivity contribution >= 4 is 21.6 Å². The van der Waals surface area contributed by atoms with Gasteiger partial charge in [0.05, 0.1) is 32.3 Å². The first-order valence-electron chi connectivity index (χ1n) is 11.1. The van der Waals surface area contributed by atoms with Crippen LogP contribution in [-0.4, -0.2) is 71.0 Å². The van der Waals surface area contributed by atoms with E-state index < -0.39 is 16.1 Å².